The highest BCUT2D eigenvalue weighted by atomic mass is 32.2. The van der Waals surface area contributed by atoms with Gasteiger partial charge in [-0.2, -0.15) is 0 Å². The van der Waals surface area contributed by atoms with E-state index in [1.165, 1.54) is 11.3 Å². The molecule has 3 heterocycles. The number of hydrogen-bond acceptors (Lipinski definition) is 5. The Balaban J connectivity index is 1.69. The van der Waals surface area contributed by atoms with E-state index in [2.05, 4.69) is 33.9 Å². The molecule has 106 valence electrons. The van der Waals surface area contributed by atoms with Crippen molar-refractivity contribution in [3.8, 4) is 0 Å². The van der Waals surface area contributed by atoms with Crippen LogP contribution in [0, 0.1) is 0 Å². The van der Waals surface area contributed by atoms with Crippen LogP contribution < -0.4 is 0 Å². The van der Waals surface area contributed by atoms with Crippen LogP contribution in [0.1, 0.15) is 29.7 Å². The number of rotatable bonds is 4. The molecule has 0 fully saturated rings. The van der Waals surface area contributed by atoms with Crippen molar-refractivity contribution in [3.05, 3.63) is 41.1 Å². The number of aromatic nitrogens is 2. The molecule has 0 saturated carbocycles. The van der Waals surface area contributed by atoms with Crippen molar-refractivity contribution in [2.75, 3.05) is 12.8 Å². The van der Waals surface area contributed by atoms with E-state index >= 15 is 0 Å². The first-order chi connectivity index (χ1) is 9.78. The van der Waals surface area contributed by atoms with Gasteiger partial charge in [0.1, 0.15) is 11.5 Å². The molecule has 0 bridgehead atoms. The van der Waals surface area contributed by atoms with Crippen LogP contribution in [0.2, 0.25) is 0 Å². The zero-order valence-electron chi connectivity index (χ0n) is 11.9. The molecule has 2 aromatic heterocycles. The van der Waals surface area contributed by atoms with E-state index in [1.807, 2.05) is 12.5 Å². The molecule has 0 atom stereocenters. The summed E-state index contributed by atoms with van der Waals surface area (Å²) >= 11 is 1.60. The van der Waals surface area contributed by atoms with Crippen LogP contribution in [0.25, 0.3) is 0 Å². The first-order valence-electron chi connectivity index (χ1n) is 6.97. The minimum atomic E-state index is 0.865. The molecule has 0 amide bonds. The summed E-state index contributed by atoms with van der Waals surface area (Å²) in [6, 6.07) is 4.16. The summed E-state index contributed by atoms with van der Waals surface area (Å²) in [7, 11) is 0. The van der Waals surface area contributed by atoms with Gasteiger partial charge < -0.3 is 4.42 Å². The molecule has 0 aliphatic carbocycles. The van der Waals surface area contributed by atoms with Gasteiger partial charge in [-0.05, 0) is 18.4 Å². The van der Waals surface area contributed by atoms with E-state index in [0.29, 0.717) is 0 Å². The SMILES string of the molecule is CCc1ccc(CN2CCc3nc(SC)ncc3C2)o1. The number of aryl methyl sites for hydroxylation is 1. The summed E-state index contributed by atoms with van der Waals surface area (Å²) in [5, 5.41) is 0.871. The Bertz CT molecular complexity index is 597. The summed E-state index contributed by atoms with van der Waals surface area (Å²) in [6.07, 6.45) is 5.93. The Kier molecular flexibility index (Phi) is 4.08. The van der Waals surface area contributed by atoms with Crippen molar-refractivity contribution in [2.24, 2.45) is 0 Å². The lowest BCUT2D eigenvalue weighted by Crippen LogP contribution is -2.30. The Morgan fingerprint density at radius 1 is 1.35 bits per heavy atom. The minimum Gasteiger partial charge on any atom is -0.465 e. The molecule has 0 aromatic carbocycles. The van der Waals surface area contributed by atoms with Crippen molar-refractivity contribution >= 4 is 11.8 Å². The van der Waals surface area contributed by atoms with Crippen LogP contribution in [0.4, 0.5) is 0 Å². The third-order valence-electron chi connectivity index (χ3n) is 3.62. The van der Waals surface area contributed by atoms with E-state index in [-0.39, 0.29) is 0 Å². The summed E-state index contributed by atoms with van der Waals surface area (Å²) in [4.78, 5) is 11.4. The highest BCUT2D eigenvalue weighted by Crippen LogP contribution is 2.21. The van der Waals surface area contributed by atoms with Crippen molar-refractivity contribution < 1.29 is 4.42 Å². The van der Waals surface area contributed by atoms with Gasteiger partial charge in [-0.1, -0.05) is 18.7 Å². The standard InChI is InChI=1S/C15H19N3OS/c1-3-12-4-5-13(19-12)10-18-7-6-14-11(9-18)8-16-15(17-14)20-2/h4-5,8H,3,6-7,9-10H2,1-2H3. The van der Waals surface area contributed by atoms with Crippen molar-refractivity contribution in [1.29, 1.82) is 0 Å². The summed E-state index contributed by atoms with van der Waals surface area (Å²) in [5.74, 6) is 2.11. The second-order valence-electron chi connectivity index (χ2n) is 5.01. The van der Waals surface area contributed by atoms with E-state index < -0.39 is 0 Å². The smallest absolute Gasteiger partial charge is 0.187 e. The second-order valence-corrected chi connectivity index (χ2v) is 5.78. The molecule has 0 unspecified atom stereocenters. The highest BCUT2D eigenvalue weighted by molar-refractivity contribution is 7.98. The van der Waals surface area contributed by atoms with E-state index in [0.717, 1.165) is 49.2 Å². The number of fused-ring (bicyclic) bond motifs is 1. The van der Waals surface area contributed by atoms with Gasteiger partial charge in [0, 0.05) is 37.7 Å². The van der Waals surface area contributed by atoms with Crippen LogP contribution in [-0.4, -0.2) is 27.7 Å². The fourth-order valence-corrected chi connectivity index (χ4v) is 2.87. The Morgan fingerprint density at radius 2 is 2.20 bits per heavy atom. The predicted molar refractivity (Wildman–Crippen MR) is 79.7 cm³/mol. The molecule has 0 spiro atoms. The molecule has 5 heteroatoms. The fraction of sp³-hybridized carbons (Fsp3) is 0.467. The van der Waals surface area contributed by atoms with Crippen LogP contribution >= 0.6 is 11.8 Å². The lowest BCUT2D eigenvalue weighted by atomic mass is 10.1. The molecule has 1 aliphatic heterocycles. The quantitative estimate of drug-likeness (QED) is 0.639. The third kappa shape index (κ3) is 2.88. The van der Waals surface area contributed by atoms with Crippen LogP contribution in [0.5, 0.6) is 0 Å². The second kappa shape index (κ2) is 5.97. The van der Waals surface area contributed by atoms with Gasteiger partial charge in [-0.3, -0.25) is 4.90 Å². The van der Waals surface area contributed by atoms with Crippen LogP contribution in [0.15, 0.2) is 27.9 Å². The van der Waals surface area contributed by atoms with Crippen LogP contribution in [-0.2, 0) is 25.9 Å². The molecular formula is C15H19N3OS. The molecule has 1 aliphatic rings. The van der Waals surface area contributed by atoms with Gasteiger partial charge in [0.2, 0.25) is 0 Å². The van der Waals surface area contributed by atoms with Gasteiger partial charge in [0.05, 0.1) is 12.2 Å². The van der Waals surface area contributed by atoms with Crippen molar-refractivity contribution in [2.45, 2.75) is 38.0 Å². The first kappa shape index (κ1) is 13.6. The monoisotopic (exact) mass is 289 g/mol. The van der Waals surface area contributed by atoms with E-state index in [9.17, 15) is 0 Å². The molecule has 0 N–H and O–H groups in total. The predicted octanol–water partition coefficient (Wildman–Crippen LogP) is 2.91. The number of thioether (sulfide) groups is 1. The largest absolute Gasteiger partial charge is 0.465 e. The van der Waals surface area contributed by atoms with Gasteiger partial charge in [-0.25, -0.2) is 9.97 Å². The molecule has 2 aromatic rings. The van der Waals surface area contributed by atoms with Gasteiger partial charge in [-0.15, -0.1) is 0 Å². The summed E-state index contributed by atoms with van der Waals surface area (Å²) in [6.45, 7) is 4.91. The van der Waals surface area contributed by atoms with Gasteiger partial charge in [0.15, 0.2) is 5.16 Å². The zero-order chi connectivity index (χ0) is 13.9. The lowest BCUT2D eigenvalue weighted by molar-refractivity contribution is 0.221. The average Bonchev–Trinajstić information content (AvgIpc) is 2.94. The van der Waals surface area contributed by atoms with Crippen molar-refractivity contribution in [1.82, 2.24) is 14.9 Å². The van der Waals surface area contributed by atoms with Crippen molar-refractivity contribution in [3.63, 3.8) is 0 Å². The average molecular weight is 289 g/mol. The fourth-order valence-electron chi connectivity index (χ4n) is 2.51. The molecule has 20 heavy (non-hydrogen) atoms. The Labute approximate surface area is 123 Å². The number of nitrogens with zero attached hydrogens (tertiary/aromatic N) is 3. The van der Waals surface area contributed by atoms with Crippen LogP contribution in [0.3, 0.4) is 0 Å². The van der Waals surface area contributed by atoms with E-state index in [4.69, 9.17) is 4.42 Å². The maximum atomic E-state index is 5.78. The molecule has 4 nitrogen and oxygen atoms in total. The zero-order valence-corrected chi connectivity index (χ0v) is 12.7. The summed E-state index contributed by atoms with van der Waals surface area (Å²) < 4.78 is 5.78. The molecule has 3 rings (SSSR count). The maximum absolute atomic E-state index is 5.78. The third-order valence-corrected chi connectivity index (χ3v) is 4.18. The molecule has 0 radical (unpaired) electrons. The normalized spacial score (nSPS) is 15.3. The highest BCUT2D eigenvalue weighted by Gasteiger charge is 2.19. The van der Waals surface area contributed by atoms with Gasteiger partial charge >= 0.3 is 0 Å². The Morgan fingerprint density at radius 3 is 2.95 bits per heavy atom. The maximum Gasteiger partial charge on any atom is 0.187 e. The number of furan rings is 1. The topological polar surface area (TPSA) is 42.2 Å². The molecule has 0 saturated heterocycles. The first-order valence-corrected chi connectivity index (χ1v) is 8.19. The lowest BCUT2D eigenvalue weighted by Gasteiger charge is -2.27. The minimum absolute atomic E-state index is 0.865. The van der Waals surface area contributed by atoms with Gasteiger partial charge in [0.25, 0.3) is 0 Å². The molecular weight excluding hydrogens is 270 g/mol. The van der Waals surface area contributed by atoms with E-state index in [1.54, 1.807) is 11.8 Å². The Hall–Kier alpha value is -1.33. The number of hydrogen-bond donors (Lipinski definition) is 0. The summed E-state index contributed by atoms with van der Waals surface area (Å²) in [5.41, 5.74) is 2.45.